The molecule has 2 aromatic carbocycles. The molecule has 2 amide bonds. The molecule has 0 saturated heterocycles. The van der Waals surface area contributed by atoms with Gasteiger partial charge in [0.2, 0.25) is 21.8 Å². The van der Waals surface area contributed by atoms with Crippen molar-refractivity contribution in [2.75, 3.05) is 13.6 Å². The zero-order chi connectivity index (χ0) is 25.4. The molecule has 1 atom stereocenters. The van der Waals surface area contributed by atoms with Crippen LogP contribution in [0.25, 0.3) is 0 Å². The van der Waals surface area contributed by atoms with Crippen molar-refractivity contribution in [3.8, 4) is 0 Å². The summed E-state index contributed by atoms with van der Waals surface area (Å²) in [7, 11) is -2.10. The van der Waals surface area contributed by atoms with E-state index in [1.807, 2.05) is 24.3 Å². The van der Waals surface area contributed by atoms with Gasteiger partial charge < -0.3 is 10.2 Å². The van der Waals surface area contributed by atoms with Gasteiger partial charge in [0.05, 0.1) is 4.90 Å². The van der Waals surface area contributed by atoms with E-state index >= 15 is 0 Å². The maximum atomic E-state index is 13.3. The molecular weight excluding hydrogens is 530 g/mol. The number of nitrogens with zero attached hydrogens (tertiary/aromatic N) is 2. The second kappa shape index (κ2) is 12.6. The third-order valence-corrected chi connectivity index (χ3v) is 8.79. The van der Waals surface area contributed by atoms with Crippen molar-refractivity contribution in [2.45, 2.75) is 69.0 Å². The van der Waals surface area contributed by atoms with Crippen LogP contribution in [0.1, 0.15) is 51.0 Å². The second-order valence-electron chi connectivity index (χ2n) is 9.06. The Bertz CT molecular complexity index is 1100. The number of amides is 2. The highest BCUT2D eigenvalue weighted by molar-refractivity contribution is 9.10. The molecule has 0 radical (unpaired) electrons. The molecule has 3 rings (SSSR count). The Morgan fingerprint density at radius 2 is 1.77 bits per heavy atom. The van der Waals surface area contributed by atoms with E-state index < -0.39 is 16.1 Å². The second-order valence-corrected chi connectivity index (χ2v) is 12.0. The lowest BCUT2D eigenvalue weighted by Crippen LogP contribution is -2.49. The van der Waals surface area contributed by atoms with Crippen LogP contribution in [0.2, 0.25) is 0 Å². The van der Waals surface area contributed by atoms with Gasteiger partial charge in [0, 0.05) is 37.1 Å². The van der Waals surface area contributed by atoms with Crippen molar-refractivity contribution in [1.82, 2.24) is 14.5 Å². The summed E-state index contributed by atoms with van der Waals surface area (Å²) in [5.74, 6) is -0.325. The fourth-order valence-corrected chi connectivity index (χ4v) is 5.97. The molecule has 1 aliphatic carbocycles. The maximum absolute atomic E-state index is 13.3. The molecule has 0 unspecified atom stereocenters. The number of sulfonamides is 1. The van der Waals surface area contributed by atoms with E-state index in [-0.39, 0.29) is 35.7 Å². The van der Waals surface area contributed by atoms with Crippen LogP contribution >= 0.6 is 15.9 Å². The summed E-state index contributed by atoms with van der Waals surface area (Å²) in [4.78, 5) is 28.1. The highest BCUT2D eigenvalue weighted by Crippen LogP contribution is 2.20. The van der Waals surface area contributed by atoms with Crippen molar-refractivity contribution in [3.63, 3.8) is 0 Å². The van der Waals surface area contributed by atoms with E-state index in [1.54, 1.807) is 42.2 Å². The lowest BCUT2D eigenvalue weighted by Gasteiger charge is -2.30. The van der Waals surface area contributed by atoms with Crippen LogP contribution < -0.4 is 5.32 Å². The first kappa shape index (κ1) is 27.4. The molecule has 0 bridgehead atoms. The first-order valence-electron chi connectivity index (χ1n) is 12.0. The molecule has 1 saturated carbocycles. The average Bonchev–Trinajstić information content (AvgIpc) is 3.35. The predicted molar refractivity (Wildman–Crippen MR) is 140 cm³/mol. The lowest BCUT2D eigenvalue weighted by molar-refractivity contribution is -0.141. The van der Waals surface area contributed by atoms with E-state index in [4.69, 9.17) is 0 Å². The van der Waals surface area contributed by atoms with Crippen molar-refractivity contribution in [3.05, 3.63) is 64.6 Å². The van der Waals surface area contributed by atoms with E-state index in [2.05, 4.69) is 21.2 Å². The van der Waals surface area contributed by atoms with Gasteiger partial charge in [0.25, 0.3) is 0 Å². The van der Waals surface area contributed by atoms with Crippen LogP contribution in [0, 0.1) is 0 Å². The average molecular weight is 565 g/mol. The van der Waals surface area contributed by atoms with Gasteiger partial charge in [-0.3, -0.25) is 9.59 Å². The first-order chi connectivity index (χ1) is 16.7. The standard InChI is InChI=1S/C26H34BrN3O4S/c1-20(26(32)28-23-12-6-7-13-23)30(19-21-10-8-11-22(27)18-21)25(31)16-9-17-29(2)35(33,34)24-14-4-3-5-15-24/h3-5,8,10-11,14-15,18,20,23H,6-7,9,12-13,16-17,19H2,1-2H3,(H,28,32)/t20-/m1/s1. The number of benzene rings is 2. The zero-order valence-electron chi connectivity index (χ0n) is 20.3. The summed E-state index contributed by atoms with van der Waals surface area (Å²) in [6, 6.07) is 15.4. The topological polar surface area (TPSA) is 86.8 Å². The molecule has 0 aliphatic heterocycles. The van der Waals surface area contributed by atoms with Gasteiger partial charge in [-0.2, -0.15) is 0 Å². The van der Waals surface area contributed by atoms with Crippen LogP contribution in [0.3, 0.4) is 0 Å². The van der Waals surface area contributed by atoms with Crippen LogP contribution in [0.5, 0.6) is 0 Å². The van der Waals surface area contributed by atoms with Crippen LogP contribution in [0.15, 0.2) is 64.0 Å². The number of rotatable bonds is 11. The molecule has 0 aromatic heterocycles. The quantitative estimate of drug-likeness (QED) is 0.441. The number of hydrogen-bond acceptors (Lipinski definition) is 4. The number of nitrogens with one attached hydrogen (secondary N) is 1. The third-order valence-electron chi connectivity index (χ3n) is 6.43. The maximum Gasteiger partial charge on any atom is 0.242 e. The van der Waals surface area contributed by atoms with E-state index in [1.165, 1.54) is 11.4 Å². The monoisotopic (exact) mass is 563 g/mol. The Labute approximate surface area is 217 Å². The molecule has 2 aromatic rings. The number of hydrogen-bond donors (Lipinski definition) is 1. The highest BCUT2D eigenvalue weighted by atomic mass is 79.9. The fourth-order valence-electron chi connectivity index (χ4n) is 4.30. The summed E-state index contributed by atoms with van der Waals surface area (Å²) in [6.45, 7) is 2.26. The minimum atomic E-state index is -3.61. The Balaban J connectivity index is 1.65. The normalized spacial score (nSPS) is 15.2. The molecule has 0 heterocycles. The van der Waals surface area contributed by atoms with Crippen LogP contribution in [-0.2, 0) is 26.2 Å². The predicted octanol–water partition coefficient (Wildman–Crippen LogP) is 4.33. The van der Waals surface area contributed by atoms with Crippen molar-refractivity contribution >= 4 is 37.8 Å². The van der Waals surface area contributed by atoms with Gasteiger partial charge in [-0.1, -0.05) is 59.1 Å². The summed E-state index contributed by atoms with van der Waals surface area (Å²) in [5.41, 5.74) is 0.914. The van der Waals surface area contributed by atoms with Gasteiger partial charge in [-0.15, -0.1) is 0 Å². The number of halogens is 1. The minimum Gasteiger partial charge on any atom is -0.352 e. The Kier molecular flexibility index (Phi) is 9.89. The molecule has 1 N–H and O–H groups in total. The summed E-state index contributed by atoms with van der Waals surface area (Å²) < 4.78 is 27.7. The molecule has 190 valence electrons. The SMILES string of the molecule is C[C@H](C(=O)NC1CCCC1)N(Cc1cccc(Br)c1)C(=O)CCCN(C)S(=O)(=O)c1ccccc1. The van der Waals surface area contributed by atoms with Gasteiger partial charge in [0.1, 0.15) is 6.04 Å². The van der Waals surface area contributed by atoms with Gasteiger partial charge in [0.15, 0.2) is 0 Å². The Morgan fingerprint density at radius 1 is 1.09 bits per heavy atom. The minimum absolute atomic E-state index is 0.143. The van der Waals surface area contributed by atoms with Crippen LogP contribution in [0.4, 0.5) is 0 Å². The molecule has 1 aliphatic rings. The molecule has 0 spiro atoms. The van der Waals surface area contributed by atoms with Crippen LogP contribution in [-0.4, -0.2) is 55.1 Å². The van der Waals surface area contributed by atoms with Crippen molar-refractivity contribution in [1.29, 1.82) is 0 Å². The largest absolute Gasteiger partial charge is 0.352 e. The Morgan fingerprint density at radius 3 is 2.43 bits per heavy atom. The van der Waals surface area contributed by atoms with E-state index in [9.17, 15) is 18.0 Å². The van der Waals surface area contributed by atoms with Gasteiger partial charge in [-0.25, -0.2) is 12.7 Å². The summed E-state index contributed by atoms with van der Waals surface area (Å²) in [5, 5.41) is 3.09. The molecule has 35 heavy (non-hydrogen) atoms. The smallest absolute Gasteiger partial charge is 0.242 e. The third kappa shape index (κ3) is 7.62. The Hall–Kier alpha value is -2.23. The lowest BCUT2D eigenvalue weighted by atomic mass is 10.1. The number of carbonyl (C=O) groups is 2. The molecule has 1 fully saturated rings. The van der Waals surface area contributed by atoms with Crippen molar-refractivity contribution < 1.29 is 18.0 Å². The molecular formula is C26H34BrN3O4S. The van der Waals surface area contributed by atoms with E-state index in [0.717, 1.165) is 35.7 Å². The van der Waals surface area contributed by atoms with Crippen molar-refractivity contribution in [2.24, 2.45) is 0 Å². The van der Waals surface area contributed by atoms with Gasteiger partial charge >= 0.3 is 0 Å². The summed E-state index contributed by atoms with van der Waals surface area (Å²) in [6.07, 6.45) is 4.66. The number of carbonyl (C=O) groups excluding carboxylic acids is 2. The molecule has 7 nitrogen and oxygen atoms in total. The van der Waals surface area contributed by atoms with E-state index in [0.29, 0.717) is 13.0 Å². The zero-order valence-corrected chi connectivity index (χ0v) is 22.7. The highest BCUT2D eigenvalue weighted by Gasteiger charge is 2.29. The fraction of sp³-hybridized carbons (Fsp3) is 0.462. The summed E-state index contributed by atoms with van der Waals surface area (Å²) >= 11 is 3.46. The molecule has 9 heteroatoms. The van der Waals surface area contributed by atoms with Gasteiger partial charge in [-0.05, 0) is 56.0 Å². The first-order valence-corrected chi connectivity index (χ1v) is 14.3.